The number of alkyl halides is 10. The third-order valence-electron chi connectivity index (χ3n) is 2.01. The summed E-state index contributed by atoms with van der Waals surface area (Å²) in [6, 6.07) is 0. The van der Waals surface area contributed by atoms with Crippen molar-refractivity contribution >= 4 is 9.84 Å². The predicted octanol–water partition coefficient (Wildman–Crippen LogP) is 2.09. The van der Waals surface area contributed by atoms with Gasteiger partial charge in [0.15, 0.2) is 0 Å². The second kappa shape index (κ2) is 5.99. The zero-order valence-electron chi connectivity index (χ0n) is 9.85. The van der Waals surface area contributed by atoms with Gasteiger partial charge >= 0.3 is 23.5 Å². The summed E-state index contributed by atoms with van der Waals surface area (Å²) in [5.41, 5.74) is 0. The van der Waals surface area contributed by atoms with E-state index < -0.39 is 52.0 Å². The van der Waals surface area contributed by atoms with Crippen LogP contribution in [0.2, 0.25) is 0 Å². The van der Waals surface area contributed by atoms with Crippen LogP contribution in [0.4, 0.5) is 43.9 Å². The number of hydrogen-bond donors (Lipinski definition) is 1. The van der Waals surface area contributed by atoms with E-state index in [0.717, 1.165) is 0 Å². The quantitative estimate of drug-likeness (QED) is 0.692. The SMILES string of the molecule is O=S(=O)(CCO)C(F)(F)C(F)OC(F)(F)C(F)(F)C(F)(F)F. The average molecular weight is 376 g/mol. The van der Waals surface area contributed by atoms with Crippen LogP contribution in [0.3, 0.4) is 0 Å². The summed E-state index contributed by atoms with van der Waals surface area (Å²) in [5, 5.41) is 2.22. The van der Waals surface area contributed by atoms with Gasteiger partial charge in [-0.05, 0) is 0 Å². The second-order valence-corrected chi connectivity index (χ2v) is 5.81. The van der Waals surface area contributed by atoms with Crippen LogP contribution < -0.4 is 0 Å². The maximum atomic E-state index is 12.9. The van der Waals surface area contributed by atoms with E-state index >= 15 is 0 Å². The van der Waals surface area contributed by atoms with E-state index in [0.29, 0.717) is 0 Å². The summed E-state index contributed by atoms with van der Waals surface area (Å²) in [5.74, 6) is -8.95. The fraction of sp³-hybridized carbons (Fsp3) is 1.00. The molecular formula is C7H6F10O4S. The summed E-state index contributed by atoms with van der Waals surface area (Å²) in [6.45, 7) is -1.53. The zero-order valence-corrected chi connectivity index (χ0v) is 10.7. The molecule has 1 atom stereocenters. The molecule has 0 aliphatic carbocycles. The van der Waals surface area contributed by atoms with Gasteiger partial charge in [0, 0.05) is 0 Å². The van der Waals surface area contributed by atoms with Crippen LogP contribution in [-0.4, -0.2) is 55.7 Å². The first-order chi connectivity index (χ1) is 9.44. The molecule has 0 fully saturated rings. The van der Waals surface area contributed by atoms with Crippen LogP contribution in [0.15, 0.2) is 0 Å². The Hall–Kier alpha value is -0.830. The standard InChI is InChI=1S/C7H6F10O4S/c8-3(4(9,10)22(19,20)2-1-18)21-7(16,17)5(11,12)6(13,14)15/h3,18H,1-2H2. The summed E-state index contributed by atoms with van der Waals surface area (Å²) >= 11 is 0. The Bertz CT molecular complexity index is 484. The van der Waals surface area contributed by atoms with Crippen molar-refractivity contribution in [3.05, 3.63) is 0 Å². The van der Waals surface area contributed by atoms with Crippen molar-refractivity contribution < 1.29 is 62.2 Å². The van der Waals surface area contributed by atoms with E-state index in [2.05, 4.69) is 0 Å². The first-order valence-corrected chi connectivity index (χ1v) is 6.44. The molecule has 0 aliphatic heterocycles. The molecule has 0 bridgehead atoms. The fourth-order valence-corrected chi connectivity index (χ4v) is 1.68. The molecule has 0 radical (unpaired) electrons. The average Bonchev–Trinajstić information content (AvgIpc) is 2.25. The lowest BCUT2D eigenvalue weighted by Gasteiger charge is -2.30. The van der Waals surface area contributed by atoms with Crippen LogP contribution in [0.5, 0.6) is 0 Å². The Morgan fingerprint density at radius 1 is 0.955 bits per heavy atom. The summed E-state index contributed by atoms with van der Waals surface area (Å²) in [4.78, 5) is 0. The van der Waals surface area contributed by atoms with E-state index in [9.17, 15) is 52.3 Å². The van der Waals surface area contributed by atoms with Gasteiger partial charge in [0.1, 0.15) is 0 Å². The highest BCUT2D eigenvalue weighted by atomic mass is 32.2. The molecule has 0 aromatic rings. The molecular weight excluding hydrogens is 370 g/mol. The molecule has 0 amide bonds. The lowest BCUT2D eigenvalue weighted by Crippen LogP contribution is -2.56. The van der Waals surface area contributed by atoms with Crippen LogP contribution in [-0.2, 0) is 14.6 Å². The Balaban J connectivity index is 5.48. The van der Waals surface area contributed by atoms with Crippen LogP contribution in [0, 0.1) is 0 Å². The van der Waals surface area contributed by atoms with E-state index in [1.807, 2.05) is 4.74 Å². The molecule has 134 valence electrons. The van der Waals surface area contributed by atoms with Crippen LogP contribution in [0.1, 0.15) is 0 Å². The normalized spacial score (nSPS) is 16.7. The van der Waals surface area contributed by atoms with Crippen molar-refractivity contribution in [2.45, 2.75) is 29.8 Å². The van der Waals surface area contributed by atoms with Gasteiger partial charge in [0.2, 0.25) is 9.84 Å². The summed E-state index contributed by atoms with van der Waals surface area (Å²) in [7, 11) is -6.01. The van der Waals surface area contributed by atoms with E-state index in [1.54, 1.807) is 0 Å². The molecule has 0 heterocycles. The van der Waals surface area contributed by atoms with E-state index in [1.165, 1.54) is 0 Å². The molecule has 0 aromatic carbocycles. The highest BCUT2D eigenvalue weighted by Gasteiger charge is 2.76. The molecule has 0 aromatic heterocycles. The smallest absolute Gasteiger partial charge is 0.395 e. The van der Waals surface area contributed by atoms with Gasteiger partial charge in [0.05, 0.1) is 12.4 Å². The molecule has 0 rings (SSSR count). The second-order valence-electron chi connectivity index (χ2n) is 3.63. The minimum atomic E-state index is -7.07. The molecule has 0 saturated heterocycles. The largest absolute Gasteiger partial charge is 0.462 e. The third kappa shape index (κ3) is 3.73. The van der Waals surface area contributed by atoms with E-state index in [-0.39, 0.29) is 0 Å². The van der Waals surface area contributed by atoms with Crippen LogP contribution >= 0.6 is 0 Å². The molecule has 1 unspecified atom stereocenters. The summed E-state index contributed by atoms with van der Waals surface area (Å²) in [6.07, 6.45) is -18.9. The van der Waals surface area contributed by atoms with Gasteiger partial charge in [-0.1, -0.05) is 0 Å². The maximum absolute atomic E-state index is 12.9. The number of hydrogen-bond acceptors (Lipinski definition) is 4. The van der Waals surface area contributed by atoms with Gasteiger partial charge in [0.25, 0.3) is 6.36 Å². The summed E-state index contributed by atoms with van der Waals surface area (Å²) < 4.78 is 147. The fourth-order valence-electron chi connectivity index (χ4n) is 0.835. The molecule has 0 saturated carbocycles. The highest BCUT2D eigenvalue weighted by molar-refractivity contribution is 7.92. The van der Waals surface area contributed by atoms with Crippen LogP contribution in [0.25, 0.3) is 0 Å². The lowest BCUT2D eigenvalue weighted by atomic mass is 10.3. The maximum Gasteiger partial charge on any atom is 0.462 e. The van der Waals surface area contributed by atoms with Crippen molar-refractivity contribution in [3.63, 3.8) is 0 Å². The minimum absolute atomic E-state index is 1.53. The molecule has 1 N–H and O–H groups in total. The zero-order chi connectivity index (χ0) is 18.2. The molecule has 4 nitrogen and oxygen atoms in total. The van der Waals surface area contributed by atoms with Crippen molar-refractivity contribution in [2.75, 3.05) is 12.4 Å². The van der Waals surface area contributed by atoms with E-state index in [4.69, 9.17) is 5.11 Å². The molecule has 0 spiro atoms. The van der Waals surface area contributed by atoms with Gasteiger partial charge in [-0.3, -0.25) is 4.74 Å². The minimum Gasteiger partial charge on any atom is -0.395 e. The Kier molecular flexibility index (Phi) is 5.77. The van der Waals surface area contributed by atoms with Crippen molar-refractivity contribution in [2.24, 2.45) is 0 Å². The number of sulfone groups is 1. The van der Waals surface area contributed by atoms with Crippen molar-refractivity contribution in [3.8, 4) is 0 Å². The Morgan fingerprint density at radius 3 is 1.68 bits per heavy atom. The van der Waals surface area contributed by atoms with Gasteiger partial charge in [-0.25, -0.2) is 12.8 Å². The van der Waals surface area contributed by atoms with Gasteiger partial charge in [-0.15, -0.1) is 0 Å². The van der Waals surface area contributed by atoms with Gasteiger partial charge in [-0.2, -0.15) is 39.5 Å². The molecule has 22 heavy (non-hydrogen) atoms. The molecule has 0 aliphatic rings. The number of rotatable bonds is 7. The van der Waals surface area contributed by atoms with Gasteiger partial charge < -0.3 is 5.11 Å². The lowest BCUT2D eigenvalue weighted by molar-refractivity contribution is -0.446. The Labute approximate surface area is 115 Å². The van der Waals surface area contributed by atoms with Crippen molar-refractivity contribution in [1.82, 2.24) is 0 Å². The first-order valence-electron chi connectivity index (χ1n) is 4.79. The number of halogens is 10. The number of aliphatic hydroxyl groups is 1. The highest BCUT2D eigenvalue weighted by Crippen LogP contribution is 2.48. The molecule has 15 heteroatoms. The number of ether oxygens (including phenoxy) is 1. The first kappa shape index (κ1) is 21.2. The topological polar surface area (TPSA) is 63.6 Å². The monoisotopic (exact) mass is 376 g/mol. The number of aliphatic hydroxyl groups excluding tert-OH is 1. The Morgan fingerprint density at radius 2 is 1.36 bits per heavy atom. The van der Waals surface area contributed by atoms with Crippen molar-refractivity contribution in [1.29, 1.82) is 0 Å². The third-order valence-corrected chi connectivity index (χ3v) is 3.75. The predicted molar refractivity (Wildman–Crippen MR) is 47.7 cm³/mol.